The summed E-state index contributed by atoms with van der Waals surface area (Å²) >= 11 is 0. The lowest BCUT2D eigenvalue weighted by Gasteiger charge is -2.34. The van der Waals surface area contributed by atoms with Gasteiger partial charge in [0.2, 0.25) is 0 Å². The van der Waals surface area contributed by atoms with Crippen LogP contribution in [0.2, 0.25) is 0 Å². The van der Waals surface area contributed by atoms with E-state index in [0.29, 0.717) is 6.61 Å². The lowest BCUT2D eigenvalue weighted by Crippen LogP contribution is -2.27. The summed E-state index contributed by atoms with van der Waals surface area (Å²) in [5.74, 6) is 1.72. The van der Waals surface area contributed by atoms with E-state index in [1.807, 2.05) is 58.0 Å². The van der Waals surface area contributed by atoms with Crippen LogP contribution in [-0.2, 0) is 23.4 Å². The molecule has 4 heteroatoms. The molecule has 3 aromatic rings. The van der Waals surface area contributed by atoms with Crippen molar-refractivity contribution >= 4 is 5.78 Å². The molecule has 0 saturated carbocycles. The van der Waals surface area contributed by atoms with Gasteiger partial charge in [-0.25, -0.2) is 0 Å². The second-order valence-electron chi connectivity index (χ2n) is 11.0. The number of hydrogen-bond acceptors (Lipinski definition) is 4. The molecule has 0 fully saturated rings. The van der Waals surface area contributed by atoms with Crippen molar-refractivity contribution in [3.63, 3.8) is 0 Å². The number of aliphatic hydroxyl groups is 1. The Balaban J connectivity index is 1.81. The first-order valence-corrected chi connectivity index (χ1v) is 13.2. The predicted octanol–water partition coefficient (Wildman–Crippen LogP) is 7.47. The summed E-state index contributed by atoms with van der Waals surface area (Å²) in [4.78, 5) is 12.3. The molecule has 0 aliphatic carbocycles. The third-order valence-corrected chi connectivity index (χ3v) is 7.46. The van der Waals surface area contributed by atoms with E-state index in [4.69, 9.17) is 9.47 Å². The van der Waals surface area contributed by atoms with E-state index in [1.54, 1.807) is 0 Å². The van der Waals surface area contributed by atoms with E-state index < -0.39 is 5.41 Å². The Morgan fingerprint density at radius 3 is 1.68 bits per heavy atom. The maximum atomic E-state index is 12.3. The van der Waals surface area contributed by atoms with Crippen LogP contribution in [0.4, 0.5) is 0 Å². The monoisotopic (exact) mass is 502 g/mol. The minimum atomic E-state index is -0.411. The van der Waals surface area contributed by atoms with Crippen LogP contribution < -0.4 is 9.47 Å². The normalized spacial score (nSPS) is 11.9. The Kier molecular flexibility index (Phi) is 9.20. The summed E-state index contributed by atoms with van der Waals surface area (Å²) in [7, 11) is 0. The molecule has 0 spiro atoms. The molecule has 0 heterocycles. The van der Waals surface area contributed by atoms with Crippen LogP contribution in [0.3, 0.4) is 0 Å². The Morgan fingerprint density at radius 1 is 0.757 bits per heavy atom. The van der Waals surface area contributed by atoms with Crippen molar-refractivity contribution in [3.05, 3.63) is 94.0 Å². The number of rotatable bonds is 11. The van der Waals surface area contributed by atoms with Crippen LogP contribution in [0.15, 0.2) is 60.7 Å². The Morgan fingerprint density at radius 2 is 1.24 bits per heavy atom. The average molecular weight is 503 g/mol. The van der Waals surface area contributed by atoms with Crippen molar-refractivity contribution in [2.45, 2.75) is 79.9 Å². The van der Waals surface area contributed by atoms with Crippen LogP contribution in [0.1, 0.15) is 80.8 Å². The van der Waals surface area contributed by atoms with Crippen LogP contribution in [0, 0.1) is 19.3 Å². The van der Waals surface area contributed by atoms with Gasteiger partial charge in [-0.1, -0.05) is 83.1 Å². The molecule has 0 bridgehead atoms. The van der Waals surface area contributed by atoms with E-state index in [0.717, 1.165) is 46.6 Å². The van der Waals surface area contributed by atoms with Crippen molar-refractivity contribution in [3.8, 4) is 11.5 Å². The Bertz CT molecular complexity index is 1200. The van der Waals surface area contributed by atoms with E-state index in [1.165, 1.54) is 11.1 Å². The highest BCUT2D eigenvalue weighted by atomic mass is 16.5. The van der Waals surface area contributed by atoms with E-state index in [9.17, 15) is 9.90 Å². The SMILES string of the molecule is CCC(CC)(c1ccc(OCC(=O)C(C)(C)C)c(C)c1)c1ccc(OCc2ccc(CO)cc2)c(C)c1. The van der Waals surface area contributed by atoms with Gasteiger partial charge in [0.1, 0.15) is 24.7 Å². The quantitative estimate of drug-likeness (QED) is 0.295. The van der Waals surface area contributed by atoms with Crippen molar-refractivity contribution < 1.29 is 19.4 Å². The first-order valence-electron chi connectivity index (χ1n) is 13.2. The molecule has 37 heavy (non-hydrogen) atoms. The van der Waals surface area contributed by atoms with Crippen LogP contribution >= 0.6 is 0 Å². The summed E-state index contributed by atoms with van der Waals surface area (Å²) in [6.45, 7) is 15.0. The maximum Gasteiger partial charge on any atom is 0.175 e. The van der Waals surface area contributed by atoms with Gasteiger partial charge in [-0.3, -0.25) is 4.79 Å². The molecule has 0 aromatic heterocycles. The summed E-state index contributed by atoms with van der Waals surface area (Å²) in [6.07, 6.45) is 1.92. The second kappa shape index (κ2) is 12.0. The summed E-state index contributed by atoms with van der Waals surface area (Å²) in [6, 6.07) is 20.7. The summed E-state index contributed by atoms with van der Waals surface area (Å²) < 4.78 is 12.0. The highest BCUT2D eigenvalue weighted by Gasteiger charge is 2.31. The van der Waals surface area contributed by atoms with E-state index in [-0.39, 0.29) is 24.4 Å². The Hall–Kier alpha value is -3.11. The van der Waals surface area contributed by atoms with Crippen LogP contribution in [0.5, 0.6) is 11.5 Å². The van der Waals surface area contributed by atoms with E-state index in [2.05, 4.69) is 51.1 Å². The molecule has 0 radical (unpaired) electrons. The first kappa shape index (κ1) is 28.5. The van der Waals surface area contributed by atoms with Gasteiger partial charge in [-0.2, -0.15) is 0 Å². The molecule has 0 aliphatic heterocycles. The third kappa shape index (κ3) is 6.61. The number of ether oxygens (including phenoxy) is 2. The van der Waals surface area contributed by atoms with Crippen molar-refractivity contribution in [2.24, 2.45) is 5.41 Å². The maximum absolute atomic E-state index is 12.3. The molecule has 3 rings (SSSR count). The Labute approximate surface area is 222 Å². The lowest BCUT2D eigenvalue weighted by molar-refractivity contribution is -0.128. The summed E-state index contributed by atoms with van der Waals surface area (Å²) in [5.41, 5.74) is 6.08. The van der Waals surface area contributed by atoms with Gasteiger partial charge in [-0.15, -0.1) is 0 Å². The second-order valence-corrected chi connectivity index (χ2v) is 11.0. The molecule has 1 N–H and O–H groups in total. The third-order valence-electron chi connectivity index (χ3n) is 7.46. The van der Waals surface area contributed by atoms with Gasteiger partial charge in [-0.05, 0) is 72.2 Å². The van der Waals surface area contributed by atoms with Gasteiger partial charge in [0.05, 0.1) is 6.61 Å². The molecule has 0 atom stereocenters. The number of ketones is 1. The first-order chi connectivity index (χ1) is 17.5. The lowest BCUT2D eigenvalue weighted by atomic mass is 9.70. The topological polar surface area (TPSA) is 55.8 Å². The number of aryl methyl sites for hydroxylation is 2. The highest BCUT2D eigenvalue weighted by Crippen LogP contribution is 2.41. The molecular formula is C33H42O4. The fourth-order valence-corrected chi connectivity index (χ4v) is 4.71. The smallest absolute Gasteiger partial charge is 0.175 e. The zero-order valence-electron chi connectivity index (χ0n) is 23.5. The molecule has 3 aromatic carbocycles. The van der Waals surface area contributed by atoms with Gasteiger partial charge in [0.15, 0.2) is 5.78 Å². The fraction of sp³-hybridized carbons (Fsp3) is 0.424. The van der Waals surface area contributed by atoms with Gasteiger partial charge >= 0.3 is 0 Å². The molecule has 0 unspecified atom stereocenters. The molecule has 0 amide bonds. The molecule has 198 valence electrons. The van der Waals surface area contributed by atoms with Gasteiger partial charge < -0.3 is 14.6 Å². The number of carbonyl (C=O) groups excluding carboxylic acids is 1. The fourth-order valence-electron chi connectivity index (χ4n) is 4.71. The zero-order chi connectivity index (χ0) is 27.2. The van der Waals surface area contributed by atoms with Crippen molar-refractivity contribution in [2.75, 3.05) is 6.61 Å². The minimum Gasteiger partial charge on any atom is -0.489 e. The summed E-state index contributed by atoms with van der Waals surface area (Å²) in [5, 5.41) is 9.24. The highest BCUT2D eigenvalue weighted by molar-refractivity contribution is 5.85. The molecule has 4 nitrogen and oxygen atoms in total. The zero-order valence-corrected chi connectivity index (χ0v) is 23.5. The number of Topliss-reactive ketones (excluding diaryl/α,β-unsaturated/α-hetero) is 1. The molecular weight excluding hydrogens is 460 g/mol. The standard InChI is InChI=1S/C33H42O4/c1-8-33(9-2,28-15-17-30(24(4)19-28)37-22-31(35)32(5,6)7)27-14-16-29(23(3)18-27)36-21-26-12-10-25(20-34)11-13-26/h10-19,34H,8-9,20-22H2,1-7H3. The van der Waals surface area contributed by atoms with Crippen LogP contribution in [-0.4, -0.2) is 17.5 Å². The molecule has 0 saturated heterocycles. The van der Waals surface area contributed by atoms with Crippen LogP contribution in [0.25, 0.3) is 0 Å². The number of aliphatic hydroxyl groups excluding tert-OH is 1. The van der Waals surface area contributed by atoms with E-state index >= 15 is 0 Å². The minimum absolute atomic E-state index is 0.0461. The van der Waals surface area contributed by atoms with Gasteiger partial charge in [0, 0.05) is 10.8 Å². The number of hydrogen-bond donors (Lipinski definition) is 1. The number of benzene rings is 3. The van der Waals surface area contributed by atoms with Crippen molar-refractivity contribution in [1.82, 2.24) is 0 Å². The predicted molar refractivity (Wildman–Crippen MR) is 150 cm³/mol. The number of carbonyl (C=O) groups is 1. The van der Waals surface area contributed by atoms with Crippen molar-refractivity contribution in [1.29, 1.82) is 0 Å². The largest absolute Gasteiger partial charge is 0.489 e. The van der Waals surface area contributed by atoms with Gasteiger partial charge in [0.25, 0.3) is 0 Å². The molecule has 0 aliphatic rings. The average Bonchev–Trinajstić information content (AvgIpc) is 2.88.